The monoisotopic (exact) mass is 212 g/mol. The first-order valence-electron chi connectivity index (χ1n) is 5.77. The fourth-order valence-corrected chi connectivity index (χ4v) is 2.73. The van der Waals surface area contributed by atoms with Crippen LogP contribution in [-0.2, 0) is 9.53 Å². The van der Waals surface area contributed by atoms with Crippen LogP contribution in [0.25, 0.3) is 0 Å². The van der Waals surface area contributed by atoms with Crippen LogP contribution in [0.4, 0.5) is 0 Å². The van der Waals surface area contributed by atoms with Gasteiger partial charge in [-0.3, -0.25) is 4.79 Å². The lowest BCUT2D eigenvalue weighted by atomic mass is 10.1. The van der Waals surface area contributed by atoms with Crippen LogP contribution in [-0.4, -0.2) is 43.2 Å². The molecule has 1 heterocycles. The minimum atomic E-state index is 0.284. The zero-order chi connectivity index (χ0) is 10.8. The zero-order valence-electron chi connectivity index (χ0n) is 9.32. The summed E-state index contributed by atoms with van der Waals surface area (Å²) in [4.78, 5) is 13.8. The first-order chi connectivity index (χ1) is 7.24. The van der Waals surface area contributed by atoms with Gasteiger partial charge in [-0.2, -0.15) is 0 Å². The van der Waals surface area contributed by atoms with Gasteiger partial charge in [0.15, 0.2) is 0 Å². The van der Waals surface area contributed by atoms with E-state index in [-0.39, 0.29) is 5.91 Å². The molecule has 0 spiro atoms. The number of nitrogens with two attached hydrogens (primary N) is 1. The molecule has 3 unspecified atom stereocenters. The van der Waals surface area contributed by atoms with Crippen LogP contribution in [0, 0.1) is 5.92 Å². The average Bonchev–Trinajstić information content (AvgIpc) is 2.83. The molecule has 15 heavy (non-hydrogen) atoms. The minimum Gasteiger partial charge on any atom is -0.381 e. The summed E-state index contributed by atoms with van der Waals surface area (Å²) in [5.74, 6) is 0.659. The predicted octanol–water partition coefficient (Wildman–Crippen LogP) is 0.361. The molecule has 86 valence electrons. The highest BCUT2D eigenvalue weighted by Gasteiger charge is 2.37. The number of hydrogen-bond acceptors (Lipinski definition) is 3. The van der Waals surface area contributed by atoms with Crippen molar-refractivity contribution in [3.8, 4) is 0 Å². The molecule has 3 atom stereocenters. The van der Waals surface area contributed by atoms with Crippen molar-refractivity contribution < 1.29 is 9.53 Å². The van der Waals surface area contributed by atoms with E-state index >= 15 is 0 Å². The SMILES string of the molecule is COC1CCC(N2CC(CN)CC2=O)C1. The van der Waals surface area contributed by atoms with E-state index in [1.165, 1.54) is 0 Å². The summed E-state index contributed by atoms with van der Waals surface area (Å²) < 4.78 is 5.33. The lowest BCUT2D eigenvalue weighted by Gasteiger charge is -2.24. The number of likely N-dealkylation sites (tertiary alicyclic amines) is 1. The Morgan fingerprint density at radius 2 is 2.33 bits per heavy atom. The van der Waals surface area contributed by atoms with Gasteiger partial charge in [-0.1, -0.05) is 0 Å². The fraction of sp³-hybridized carbons (Fsp3) is 0.909. The van der Waals surface area contributed by atoms with Gasteiger partial charge in [-0.05, 0) is 31.7 Å². The van der Waals surface area contributed by atoms with Crippen molar-refractivity contribution in [1.82, 2.24) is 4.90 Å². The number of nitrogens with zero attached hydrogens (tertiary/aromatic N) is 1. The molecule has 0 aromatic rings. The smallest absolute Gasteiger partial charge is 0.223 e. The zero-order valence-corrected chi connectivity index (χ0v) is 9.32. The molecule has 2 rings (SSSR count). The summed E-state index contributed by atoms with van der Waals surface area (Å²) in [5.41, 5.74) is 5.61. The molecule has 0 bridgehead atoms. The number of methoxy groups -OCH3 is 1. The van der Waals surface area contributed by atoms with Crippen LogP contribution in [0.2, 0.25) is 0 Å². The Morgan fingerprint density at radius 3 is 2.87 bits per heavy atom. The van der Waals surface area contributed by atoms with Crippen molar-refractivity contribution in [2.45, 2.75) is 37.8 Å². The van der Waals surface area contributed by atoms with E-state index in [1.54, 1.807) is 7.11 Å². The van der Waals surface area contributed by atoms with Crippen LogP contribution >= 0.6 is 0 Å². The summed E-state index contributed by atoms with van der Waals surface area (Å²) in [6.45, 7) is 1.49. The minimum absolute atomic E-state index is 0.284. The summed E-state index contributed by atoms with van der Waals surface area (Å²) in [6, 6.07) is 0.402. The van der Waals surface area contributed by atoms with Crippen molar-refractivity contribution in [2.75, 3.05) is 20.2 Å². The highest BCUT2D eigenvalue weighted by Crippen LogP contribution is 2.30. The van der Waals surface area contributed by atoms with E-state index < -0.39 is 0 Å². The lowest BCUT2D eigenvalue weighted by molar-refractivity contribution is -0.129. The highest BCUT2D eigenvalue weighted by molar-refractivity contribution is 5.79. The number of carbonyl (C=O) groups is 1. The molecule has 1 aliphatic carbocycles. The number of rotatable bonds is 3. The van der Waals surface area contributed by atoms with Crippen LogP contribution in [0.15, 0.2) is 0 Å². The van der Waals surface area contributed by atoms with Gasteiger partial charge in [-0.15, -0.1) is 0 Å². The van der Waals surface area contributed by atoms with Gasteiger partial charge < -0.3 is 15.4 Å². The molecule has 0 aromatic heterocycles. The number of ether oxygens (including phenoxy) is 1. The van der Waals surface area contributed by atoms with E-state index in [0.717, 1.165) is 25.8 Å². The third-order valence-electron chi connectivity index (χ3n) is 3.70. The van der Waals surface area contributed by atoms with Crippen molar-refractivity contribution in [2.24, 2.45) is 11.7 Å². The third kappa shape index (κ3) is 2.16. The van der Waals surface area contributed by atoms with Gasteiger partial charge >= 0.3 is 0 Å². The van der Waals surface area contributed by atoms with Gasteiger partial charge in [0.2, 0.25) is 5.91 Å². The summed E-state index contributed by atoms with van der Waals surface area (Å²) in [5, 5.41) is 0. The predicted molar refractivity (Wildman–Crippen MR) is 57.3 cm³/mol. The van der Waals surface area contributed by atoms with Gasteiger partial charge in [0.25, 0.3) is 0 Å². The number of carbonyl (C=O) groups excluding carboxylic acids is 1. The Morgan fingerprint density at radius 1 is 1.53 bits per heavy atom. The largest absolute Gasteiger partial charge is 0.381 e. The second kappa shape index (κ2) is 4.49. The number of amides is 1. The van der Waals surface area contributed by atoms with Gasteiger partial charge in [0.05, 0.1) is 6.10 Å². The van der Waals surface area contributed by atoms with E-state index in [0.29, 0.717) is 31.0 Å². The third-order valence-corrected chi connectivity index (χ3v) is 3.70. The van der Waals surface area contributed by atoms with Crippen molar-refractivity contribution >= 4 is 5.91 Å². The molecular weight excluding hydrogens is 192 g/mol. The average molecular weight is 212 g/mol. The highest BCUT2D eigenvalue weighted by atomic mass is 16.5. The van der Waals surface area contributed by atoms with Crippen molar-refractivity contribution in [3.05, 3.63) is 0 Å². The normalized spacial score (nSPS) is 36.5. The second-order valence-electron chi connectivity index (χ2n) is 4.68. The molecule has 2 N–H and O–H groups in total. The van der Waals surface area contributed by atoms with E-state index in [4.69, 9.17) is 10.5 Å². The summed E-state index contributed by atoms with van der Waals surface area (Å²) >= 11 is 0. The van der Waals surface area contributed by atoms with E-state index in [2.05, 4.69) is 0 Å². The summed E-state index contributed by atoms with van der Waals surface area (Å²) in [7, 11) is 1.75. The van der Waals surface area contributed by atoms with Crippen LogP contribution < -0.4 is 5.73 Å². The Kier molecular flexibility index (Phi) is 3.26. The molecule has 0 aromatic carbocycles. The molecule has 1 aliphatic heterocycles. The second-order valence-corrected chi connectivity index (χ2v) is 4.68. The fourth-order valence-electron chi connectivity index (χ4n) is 2.73. The van der Waals surface area contributed by atoms with E-state index in [1.807, 2.05) is 4.90 Å². The standard InChI is InChI=1S/C11H20N2O2/c1-15-10-3-2-9(5-10)13-7-8(6-12)4-11(13)14/h8-10H,2-7,12H2,1H3. The topological polar surface area (TPSA) is 55.6 Å². The maximum atomic E-state index is 11.8. The first kappa shape index (κ1) is 10.9. The molecule has 2 aliphatic rings. The van der Waals surface area contributed by atoms with Gasteiger partial charge in [0.1, 0.15) is 0 Å². The van der Waals surface area contributed by atoms with Gasteiger partial charge in [0, 0.05) is 26.1 Å². The van der Waals surface area contributed by atoms with Crippen molar-refractivity contribution in [3.63, 3.8) is 0 Å². The Bertz CT molecular complexity index is 245. The van der Waals surface area contributed by atoms with Crippen LogP contribution in [0.5, 0.6) is 0 Å². The molecular formula is C11H20N2O2. The Hall–Kier alpha value is -0.610. The van der Waals surface area contributed by atoms with Gasteiger partial charge in [-0.25, -0.2) is 0 Å². The molecule has 4 nitrogen and oxygen atoms in total. The molecule has 0 radical (unpaired) electrons. The molecule has 2 fully saturated rings. The lowest BCUT2D eigenvalue weighted by Crippen LogP contribution is -2.35. The molecule has 1 saturated carbocycles. The van der Waals surface area contributed by atoms with Crippen LogP contribution in [0.3, 0.4) is 0 Å². The Balaban J connectivity index is 1.92. The maximum absolute atomic E-state index is 11.8. The number of hydrogen-bond donors (Lipinski definition) is 1. The molecule has 4 heteroatoms. The Labute approximate surface area is 90.8 Å². The maximum Gasteiger partial charge on any atom is 0.223 e. The molecule has 1 saturated heterocycles. The van der Waals surface area contributed by atoms with E-state index in [9.17, 15) is 4.79 Å². The quantitative estimate of drug-likeness (QED) is 0.735. The molecule has 1 amide bonds. The van der Waals surface area contributed by atoms with Crippen molar-refractivity contribution in [1.29, 1.82) is 0 Å². The first-order valence-corrected chi connectivity index (χ1v) is 5.77. The van der Waals surface area contributed by atoms with Crippen LogP contribution in [0.1, 0.15) is 25.7 Å². The summed E-state index contributed by atoms with van der Waals surface area (Å²) in [6.07, 6.45) is 4.16.